The van der Waals surface area contributed by atoms with Crippen molar-refractivity contribution in [2.24, 2.45) is 0 Å². The third kappa shape index (κ3) is 3.00. The fourth-order valence-corrected chi connectivity index (χ4v) is 2.49. The Bertz CT molecular complexity index is 177. The van der Waals surface area contributed by atoms with Gasteiger partial charge < -0.3 is 5.32 Å². The molecule has 11 heavy (non-hydrogen) atoms. The second kappa shape index (κ2) is 4.47. The highest BCUT2D eigenvalue weighted by molar-refractivity contribution is 7.85. The fourth-order valence-electron chi connectivity index (χ4n) is 1.19. The smallest absolute Gasteiger partial charge is 0.0843 e. The maximum Gasteiger partial charge on any atom is 0.0843 e. The van der Waals surface area contributed by atoms with Gasteiger partial charge in [0, 0.05) is 28.3 Å². The van der Waals surface area contributed by atoms with Crippen molar-refractivity contribution in [3.05, 3.63) is 0 Å². The molecule has 1 fully saturated rings. The van der Waals surface area contributed by atoms with E-state index in [-0.39, 0.29) is 0 Å². The van der Waals surface area contributed by atoms with Gasteiger partial charge in [-0.3, -0.25) is 4.21 Å². The molecule has 0 saturated carbocycles. The van der Waals surface area contributed by atoms with E-state index in [0.29, 0.717) is 12.6 Å². The second-order valence-corrected chi connectivity index (χ2v) is 4.36. The first-order valence-corrected chi connectivity index (χ1v) is 5.27. The SMILES string of the molecule is N#CCNC1CCS(=O)CC1. The zero-order valence-corrected chi connectivity index (χ0v) is 7.19. The van der Waals surface area contributed by atoms with E-state index in [0.717, 1.165) is 24.3 Å². The van der Waals surface area contributed by atoms with E-state index in [4.69, 9.17) is 5.26 Å². The molecule has 0 aromatic heterocycles. The molecule has 1 N–H and O–H groups in total. The van der Waals surface area contributed by atoms with Crippen LogP contribution in [0.3, 0.4) is 0 Å². The molecule has 1 rings (SSSR count). The highest BCUT2D eigenvalue weighted by Gasteiger charge is 2.16. The Kier molecular flexibility index (Phi) is 3.53. The van der Waals surface area contributed by atoms with E-state index in [1.165, 1.54) is 0 Å². The molecule has 1 aliphatic heterocycles. The molecule has 0 spiro atoms. The van der Waals surface area contributed by atoms with Gasteiger partial charge in [-0.15, -0.1) is 0 Å². The van der Waals surface area contributed by atoms with Crippen LogP contribution in [0.4, 0.5) is 0 Å². The van der Waals surface area contributed by atoms with Gasteiger partial charge in [-0.25, -0.2) is 0 Å². The Morgan fingerprint density at radius 3 is 2.73 bits per heavy atom. The maximum absolute atomic E-state index is 10.9. The summed E-state index contributed by atoms with van der Waals surface area (Å²) in [5.41, 5.74) is 0. The van der Waals surface area contributed by atoms with Crippen molar-refractivity contribution in [1.29, 1.82) is 5.26 Å². The molecular formula is C7H12N2OS. The van der Waals surface area contributed by atoms with E-state index >= 15 is 0 Å². The Morgan fingerprint density at radius 2 is 2.18 bits per heavy atom. The predicted molar refractivity (Wildman–Crippen MR) is 44.5 cm³/mol. The van der Waals surface area contributed by atoms with E-state index in [2.05, 4.69) is 5.32 Å². The zero-order valence-electron chi connectivity index (χ0n) is 6.38. The third-order valence-electron chi connectivity index (χ3n) is 1.86. The standard InChI is InChI=1S/C7H12N2OS/c8-3-4-9-7-1-5-11(10)6-2-7/h7,9H,1-2,4-6H2. The first-order valence-electron chi connectivity index (χ1n) is 3.78. The normalized spacial score (nSPS) is 31.2. The maximum atomic E-state index is 10.9. The van der Waals surface area contributed by atoms with Crippen molar-refractivity contribution >= 4 is 10.8 Å². The molecule has 0 radical (unpaired) electrons. The van der Waals surface area contributed by atoms with Gasteiger partial charge in [0.2, 0.25) is 0 Å². The summed E-state index contributed by atoms with van der Waals surface area (Å²) in [6, 6.07) is 2.46. The largest absolute Gasteiger partial charge is 0.302 e. The van der Waals surface area contributed by atoms with Gasteiger partial charge in [-0.05, 0) is 12.8 Å². The summed E-state index contributed by atoms with van der Waals surface area (Å²) in [5, 5.41) is 11.4. The van der Waals surface area contributed by atoms with Crippen LogP contribution in [0, 0.1) is 11.3 Å². The van der Waals surface area contributed by atoms with Gasteiger partial charge in [0.25, 0.3) is 0 Å². The average molecular weight is 172 g/mol. The van der Waals surface area contributed by atoms with Gasteiger partial charge >= 0.3 is 0 Å². The van der Waals surface area contributed by atoms with Crippen LogP contribution in [-0.2, 0) is 10.8 Å². The molecule has 0 aliphatic carbocycles. The van der Waals surface area contributed by atoms with Gasteiger partial charge in [0.05, 0.1) is 12.6 Å². The zero-order chi connectivity index (χ0) is 8.10. The quantitative estimate of drug-likeness (QED) is 0.597. The molecule has 1 heterocycles. The number of nitrogens with one attached hydrogen (secondary N) is 1. The number of hydrogen-bond acceptors (Lipinski definition) is 3. The average Bonchev–Trinajstić information content (AvgIpc) is 2.04. The lowest BCUT2D eigenvalue weighted by molar-refractivity contribution is 0.501. The summed E-state index contributed by atoms with van der Waals surface area (Å²) < 4.78 is 10.9. The molecule has 0 atom stereocenters. The van der Waals surface area contributed by atoms with Crippen molar-refractivity contribution in [2.75, 3.05) is 18.1 Å². The molecule has 62 valence electrons. The van der Waals surface area contributed by atoms with Crippen LogP contribution in [0.15, 0.2) is 0 Å². The molecule has 1 aliphatic rings. The molecule has 3 nitrogen and oxygen atoms in total. The lowest BCUT2D eigenvalue weighted by Crippen LogP contribution is -2.35. The number of nitrogens with zero attached hydrogens (tertiary/aromatic N) is 1. The minimum atomic E-state index is -0.589. The Hall–Kier alpha value is -0.400. The van der Waals surface area contributed by atoms with Crippen molar-refractivity contribution in [3.63, 3.8) is 0 Å². The van der Waals surface area contributed by atoms with E-state index in [9.17, 15) is 4.21 Å². The minimum absolute atomic E-state index is 0.414. The molecule has 0 bridgehead atoms. The summed E-state index contributed by atoms with van der Waals surface area (Å²) in [4.78, 5) is 0. The molecule has 4 heteroatoms. The Morgan fingerprint density at radius 1 is 1.55 bits per heavy atom. The Balaban J connectivity index is 2.18. The fraction of sp³-hybridized carbons (Fsp3) is 0.857. The molecule has 0 amide bonds. The minimum Gasteiger partial charge on any atom is -0.302 e. The van der Waals surface area contributed by atoms with Gasteiger partial charge in [0.1, 0.15) is 0 Å². The van der Waals surface area contributed by atoms with E-state index in [1.54, 1.807) is 0 Å². The molecule has 0 aromatic rings. The Labute approximate surface area is 69.2 Å². The number of nitriles is 1. The van der Waals surface area contributed by atoms with Crippen molar-refractivity contribution in [3.8, 4) is 6.07 Å². The molecule has 0 aromatic carbocycles. The second-order valence-electron chi connectivity index (χ2n) is 2.66. The highest BCUT2D eigenvalue weighted by atomic mass is 32.2. The summed E-state index contributed by atoms with van der Waals surface area (Å²) in [6.45, 7) is 0.414. The van der Waals surface area contributed by atoms with Crippen LogP contribution < -0.4 is 5.32 Å². The number of hydrogen-bond donors (Lipinski definition) is 1. The summed E-state index contributed by atoms with van der Waals surface area (Å²) in [5.74, 6) is 1.59. The van der Waals surface area contributed by atoms with Crippen molar-refractivity contribution in [2.45, 2.75) is 18.9 Å². The first-order chi connectivity index (χ1) is 5.33. The summed E-state index contributed by atoms with van der Waals surface area (Å²) >= 11 is 0. The summed E-state index contributed by atoms with van der Waals surface area (Å²) in [7, 11) is -0.589. The number of rotatable bonds is 2. The third-order valence-corrected chi connectivity index (χ3v) is 3.24. The van der Waals surface area contributed by atoms with E-state index < -0.39 is 10.8 Å². The topological polar surface area (TPSA) is 52.9 Å². The van der Waals surface area contributed by atoms with Crippen LogP contribution in [0.5, 0.6) is 0 Å². The predicted octanol–water partition coefficient (Wildman–Crippen LogP) is 0.0107. The first kappa shape index (κ1) is 8.69. The van der Waals surface area contributed by atoms with Crippen LogP contribution in [0.1, 0.15) is 12.8 Å². The van der Waals surface area contributed by atoms with Gasteiger partial charge in [-0.2, -0.15) is 5.26 Å². The van der Waals surface area contributed by atoms with Crippen molar-refractivity contribution < 1.29 is 4.21 Å². The van der Waals surface area contributed by atoms with Crippen LogP contribution in [0.25, 0.3) is 0 Å². The lowest BCUT2D eigenvalue weighted by atomic mass is 10.1. The van der Waals surface area contributed by atoms with E-state index in [1.807, 2.05) is 6.07 Å². The molecular weight excluding hydrogens is 160 g/mol. The van der Waals surface area contributed by atoms with Gasteiger partial charge in [-0.1, -0.05) is 0 Å². The van der Waals surface area contributed by atoms with Crippen molar-refractivity contribution in [1.82, 2.24) is 5.32 Å². The van der Waals surface area contributed by atoms with Gasteiger partial charge in [0.15, 0.2) is 0 Å². The molecule has 0 unspecified atom stereocenters. The monoisotopic (exact) mass is 172 g/mol. The molecule has 1 saturated heterocycles. The van der Waals surface area contributed by atoms with Crippen LogP contribution in [-0.4, -0.2) is 28.3 Å². The summed E-state index contributed by atoms with van der Waals surface area (Å²) in [6.07, 6.45) is 1.91. The van der Waals surface area contributed by atoms with Crippen LogP contribution >= 0.6 is 0 Å². The highest BCUT2D eigenvalue weighted by Crippen LogP contribution is 2.08. The lowest BCUT2D eigenvalue weighted by Gasteiger charge is -2.20. The van der Waals surface area contributed by atoms with Crippen LogP contribution in [0.2, 0.25) is 0 Å².